The van der Waals surface area contributed by atoms with Crippen molar-refractivity contribution in [3.05, 3.63) is 35.4 Å². The highest BCUT2D eigenvalue weighted by Crippen LogP contribution is 2.57. The third kappa shape index (κ3) is 3.76. The molecule has 7 heteroatoms. The summed E-state index contributed by atoms with van der Waals surface area (Å²) in [6, 6.07) is 8.38. The lowest BCUT2D eigenvalue weighted by atomic mass is 9.51. The summed E-state index contributed by atoms with van der Waals surface area (Å²) >= 11 is 0. The predicted molar refractivity (Wildman–Crippen MR) is 96.9 cm³/mol. The number of hydrogen-bond acceptors (Lipinski definition) is 5. The summed E-state index contributed by atoms with van der Waals surface area (Å²) in [5, 5.41) is 11.7. The van der Waals surface area contributed by atoms with E-state index in [1.54, 1.807) is 24.3 Å². The summed E-state index contributed by atoms with van der Waals surface area (Å²) in [5.41, 5.74) is 1.07. The Morgan fingerprint density at radius 1 is 1.35 bits per heavy atom. The molecular formula is C19H24N2O4S. The third-order valence-electron chi connectivity index (χ3n) is 5.59. The van der Waals surface area contributed by atoms with Crippen LogP contribution in [0.2, 0.25) is 0 Å². The van der Waals surface area contributed by atoms with Gasteiger partial charge >= 0.3 is 0 Å². The second-order valence-corrected chi connectivity index (χ2v) is 9.29. The van der Waals surface area contributed by atoms with Crippen LogP contribution in [0.5, 0.6) is 0 Å². The quantitative estimate of drug-likeness (QED) is 0.784. The van der Waals surface area contributed by atoms with Gasteiger partial charge < -0.3 is 10.1 Å². The van der Waals surface area contributed by atoms with Gasteiger partial charge in [0.05, 0.1) is 23.5 Å². The Kier molecular flexibility index (Phi) is 5.35. The Morgan fingerprint density at radius 3 is 2.58 bits per heavy atom. The van der Waals surface area contributed by atoms with E-state index in [1.807, 2.05) is 13.0 Å². The summed E-state index contributed by atoms with van der Waals surface area (Å²) in [6.07, 6.45) is 4.13. The average Bonchev–Trinajstić information content (AvgIpc) is 2.52. The van der Waals surface area contributed by atoms with Crippen LogP contribution in [0.15, 0.2) is 24.3 Å². The highest BCUT2D eigenvalue weighted by molar-refractivity contribution is 7.91. The number of nitrogens with one attached hydrogen (secondary N) is 1. The van der Waals surface area contributed by atoms with Crippen LogP contribution in [0.3, 0.4) is 0 Å². The van der Waals surface area contributed by atoms with Crippen LogP contribution in [0.25, 0.3) is 0 Å². The molecule has 1 N–H and O–H groups in total. The minimum absolute atomic E-state index is 0.0164. The molecule has 0 heterocycles. The Bertz CT molecular complexity index is 807. The lowest BCUT2D eigenvalue weighted by Gasteiger charge is -2.61. The van der Waals surface area contributed by atoms with E-state index < -0.39 is 21.5 Å². The molecule has 3 rings (SSSR count). The summed E-state index contributed by atoms with van der Waals surface area (Å²) in [6.45, 7) is 2.63. The Hall–Kier alpha value is -1.91. The van der Waals surface area contributed by atoms with Crippen molar-refractivity contribution >= 4 is 15.7 Å². The zero-order valence-electron chi connectivity index (χ0n) is 14.9. The average molecular weight is 376 g/mol. The molecule has 2 saturated carbocycles. The first-order valence-electron chi connectivity index (χ1n) is 8.99. The van der Waals surface area contributed by atoms with E-state index in [4.69, 9.17) is 10.00 Å². The van der Waals surface area contributed by atoms with Gasteiger partial charge in [0.2, 0.25) is 5.91 Å². The molecule has 0 aliphatic heterocycles. The van der Waals surface area contributed by atoms with Crippen molar-refractivity contribution in [2.24, 2.45) is 5.41 Å². The fraction of sp³-hybridized carbons (Fsp3) is 0.579. The molecule has 1 amide bonds. The first-order valence-corrected chi connectivity index (χ1v) is 10.8. The minimum atomic E-state index is -3.56. The monoisotopic (exact) mass is 376 g/mol. The van der Waals surface area contributed by atoms with Gasteiger partial charge in [-0.25, -0.2) is 8.42 Å². The smallest absolute Gasteiger partial charge is 0.235 e. The number of sulfone groups is 1. The lowest BCUT2D eigenvalue weighted by molar-refractivity contribution is -0.175. The van der Waals surface area contributed by atoms with E-state index in [-0.39, 0.29) is 23.3 Å². The highest BCUT2D eigenvalue weighted by Gasteiger charge is 2.59. The number of hydrogen-bond donors (Lipinski definition) is 1. The van der Waals surface area contributed by atoms with Crippen molar-refractivity contribution in [1.82, 2.24) is 5.32 Å². The number of nitriles is 1. The van der Waals surface area contributed by atoms with E-state index in [0.717, 1.165) is 25.7 Å². The van der Waals surface area contributed by atoms with Gasteiger partial charge in [0, 0.05) is 18.1 Å². The zero-order valence-corrected chi connectivity index (χ0v) is 15.7. The van der Waals surface area contributed by atoms with E-state index in [2.05, 4.69) is 5.32 Å². The molecule has 6 nitrogen and oxygen atoms in total. The van der Waals surface area contributed by atoms with Crippen molar-refractivity contribution in [2.45, 2.75) is 50.5 Å². The number of ether oxygens (including phenoxy) is 1. The molecule has 2 atom stereocenters. The number of carbonyl (C=O) groups excluding carboxylic acids is 1. The highest BCUT2D eigenvalue weighted by atomic mass is 32.2. The van der Waals surface area contributed by atoms with Crippen molar-refractivity contribution in [3.8, 4) is 6.07 Å². The van der Waals surface area contributed by atoms with E-state index >= 15 is 0 Å². The maximum atomic E-state index is 12.3. The van der Waals surface area contributed by atoms with E-state index in [0.29, 0.717) is 17.7 Å². The standard InChI is InChI=1S/C19H24N2O4S/c1-2-25-17-10-16(19(17)8-3-9-19)21-18(22)13-26(23,24)12-15-6-4-14(11-20)5-7-15/h4-7,16-17H,2-3,8-10,12-13H2,1H3,(H,21,22)/t16-,17-/m0/s1. The van der Waals surface area contributed by atoms with Crippen LogP contribution in [-0.2, 0) is 25.1 Å². The summed E-state index contributed by atoms with van der Waals surface area (Å²) in [5.74, 6) is -1.16. The second-order valence-electron chi connectivity index (χ2n) is 7.23. The second kappa shape index (κ2) is 7.37. The maximum absolute atomic E-state index is 12.3. The van der Waals surface area contributed by atoms with Crippen LogP contribution in [0.1, 0.15) is 43.7 Å². The van der Waals surface area contributed by atoms with Crippen molar-refractivity contribution < 1.29 is 17.9 Å². The first-order chi connectivity index (χ1) is 12.4. The molecule has 0 bridgehead atoms. The maximum Gasteiger partial charge on any atom is 0.235 e. The molecule has 2 aliphatic rings. The Labute approximate surface area is 154 Å². The van der Waals surface area contributed by atoms with Gasteiger partial charge in [-0.15, -0.1) is 0 Å². The summed E-state index contributed by atoms with van der Waals surface area (Å²) in [7, 11) is -3.56. The molecule has 1 aromatic carbocycles. The molecule has 2 fully saturated rings. The number of rotatable bonds is 7. The molecule has 140 valence electrons. The van der Waals surface area contributed by atoms with Crippen LogP contribution in [-0.4, -0.2) is 38.8 Å². The molecular weight excluding hydrogens is 352 g/mol. The molecule has 1 aromatic rings. The van der Waals surface area contributed by atoms with Gasteiger partial charge in [0.1, 0.15) is 5.75 Å². The van der Waals surface area contributed by atoms with Crippen LogP contribution in [0, 0.1) is 16.7 Å². The molecule has 0 unspecified atom stereocenters. The molecule has 0 saturated heterocycles. The normalized spacial score (nSPS) is 23.5. The molecule has 0 radical (unpaired) electrons. The fourth-order valence-corrected chi connectivity index (χ4v) is 5.34. The van der Waals surface area contributed by atoms with Gasteiger partial charge in [-0.05, 0) is 43.9 Å². The SMILES string of the molecule is CCO[C@H]1C[C@H](NC(=O)CS(=O)(=O)Cc2ccc(C#N)cc2)C12CCC2. The van der Waals surface area contributed by atoms with Gasteiger partial charge in [0.25, 0.3) is 0 Å². The zero-order chi connectivity index (χ0) is 18.8. The number of nitrogens with zero attached hydrogens (tertiary/aromatic N) is 1. The van der Waals surface area contributed by atoms with E-state index in [1.165, 1.54) is 0 Å². The van der Waals surface area contributed by atoms with Crippen LogP contribution < -0.4 is 5.32 Å². The van der Waals surface area contributed by atoms with Gasteiger partial charge in [-0.2, -0.15) is 5.26 Å². The Morgan fingerprint density at radius 2 is 2.04 bits per heavy atom. The topological polar surface area (TPSA) is 96.3 Å². The molecule has 0 aromatic heterocycles. The number of amides is 1. The first kappa shape index (κ1) is 18.9. The minimum Gasteiger partial charge on any atom is -0.378 e. The largest absolute Gasteiger partial charge is 0.378 e. The Balaban J connectivity index is 1.55. The number of carbonyl (C=O) groups is 1. The van der Waals surface area contributed by atoms with Crippen LogP contribution >= 0.6 is 0 Å². The van der Waals surface area contributed by atoms with Gasteiger partial charge in [0.15, 0.2) is 9.84 Å². The van der Waals surface area contributed by atoms with Crippen molar-refractivity contribution in [3.63, 3.8) is 0 Å². The third-order valence-corrected chi connectivity index (χ3v) is 7.07. The van der Waals surface area contributed by atoms with Crippen molar-refractivity contribution in [1.29, 1.82) is 5.26 Å². The lowest BCUT2D eigenvalue weighted by Crippen LogP contribution is -2.68. The van der Waals surface area contributed by atoms with Crippen LogP contribution in [0.4, 0.5) is 0 Å². The molecule has 1 spiro atoms. The summed E-state index contributed by atoms with van der Waals surface area (Å²) < 4.78 is 30.4. The van der Waals surface area contributed by atoms with E-state index in [9.17, 15) is 13.2 Å². The van der Waals surface area contributed by atoms with Crippen molar-refractivity contribution in [2.75, 3.05) is 12.4 Å². The van der Waals surface area contributed by atoms with Gasteiger partial charge in [-0.3, -0.25) is 4.79 Å². The summed E-state index contributed by atoms with van der Waals surface area (Å²) in [4.78, 5) is 12.3. The molecule has 2 aliphatic carbocycles. The van der Waals surface area contributed by atoms with Gasteiger partial charge in [-0.1, -0.05) is 18.6 Å². The fourth-order valence-electron chi connectivity index (χ4n) is 4.06. The molecule has 26 heavy (non-hydrogen) atoms. The number of benzene rings is 1. The predicted octanol–water partition coefficient (Wildman–Crippen LogP) is 1.94.